The van der Waals surface area contributed by atoms with Crippen LogP contribution in [0, 0.1) is 0 Å². The highest BCUT2D eigenvalue weighted by atomic mass is 16.6. The third-order valence-electron chi connectivity index (χ3n) is 5.28. The largest absolute Gasteiger partial charge is 0.447 e. The summed E-state index contributed by atoms with van der Waals surface area (Å²) in [5.74, 6) is 0. The van der Waals surface area contributed by atoms with Crippen molar-refractivity contribution < 1.29 is 14.3 Å². The highest BCUT2D eigenvalue weighted by molar-refractivity contribution is 5.93. The van der Waals surface area contributed by atoms with Crippen LogP contribution in [0.3, 0.4) is 0 Å². The van der Waals surface area contributed by atoms with Gasteiger partial charge in [-0.3, -0.25) is 4.90 Å². The summed E-state index contributed by atoms with van der Waals surface area (Å²) in [4.78, 5) is 28.1. The fraction of sp³-hybridized carbons (Fsp3) is 0.400. The van der Waals surface area contributed by atoms with Gasteiger partial charge in [-0.2, -0.15) is 0 Å². The molecule has 2 heterocycles. The number of fused-ring (bicyclic) bond motifs is 1. The standard InChI is InChI=1S/C20H23N3O3/c1-14-13-26-20(25)23(14)18-8-10-22(11-9-18)19(24)21-17-7-6-15-4-2-3-5-16(15)12-17/h2-7,12,14,18H,8-11,13H2,1H3,(H,21,24). The van der Waals surface area contributed by atoms with Gasteiger partial charge in [-0.15, -0.1) is 0 Å². The van der Waals surface area contributed by atoms with E-state index >= 15 is 0 Å². The summed E-state index contributed by atoms with van der Waals surface area (Å²) in [6, 6.07) is 14.2. The van der Waals surface area contributed by atoms with Crippen molar-refractivity contribution in [2.24, 2.45) is 0 Å². The van der Waals surface area contributed by atoms with Gasteiger partial charge in [0, 0.05) is 24.8 Å². The van der Waals surface area contributed by atoms with Crippen LogP contribution in [0.1, 0.15) is 19.8 Å². The van der Waals surface area contributed by atoms with Crippen LogP contribution in [0.5, 0.6) is 0 Å². The van der Waals surface area contributed by atoms with Crippen LogP contribution in [0.15, 0.2) is 42.5 Å². The van der Waals surface area contributed by atoms with Gasteiger partial charge in [-0.25, -0.2) is 9.59 Å². The second kappa shape index (κ2) is 6.86. The zero-order valence-corrected chi connectivity index (χ0v) is 14.9. The van der Waals surface area contributed by atoms with Crippen LogP contribution in [-0.4, -0.2) is 53.7 Å². The van der Waals surface area contributed by atoms with Gasteiger partial charge < -0.3 is 15.0 Å². The number of hydrogen-bond donors (Lipinski definition) is 1. The molecule has 2 aromatic carbocycles. The van der Waals surface area contributed by atoms with E-state index in [9.17, 15) is 9.59 Å². The van der Waals surface area contributed by atoms with E-state index in [2.05, 4.69) is 11.4 Å². The van der Waals surface area contributed by atoms with Gasteiger partial charge in [0.2, 0.25) is 0 Å². The number of ether oxygens (including phenoxy) is 1. The van der Waals surface area contributed by atoms with Crippen LogP contribution < -0.4 is 5.32 Å². The number of rotatable bonds is 2. The number of anilines is 1. The Hall–Kier alpha value is -2.76. The summed E-state index contributed by atoms with van der Waals surface area (Å²) >= 11 is 0. The summed E-state index contributed by atoms with van der Waals surface area (Å²) in [5.41, 5.74) is 0.799. The zero-order chi connectivity index (χ0) is 18.1. The second-order valence-corrected chi connectivity index (χ2v) is 7.04. The lowest BCUT2D eigenvalue weighted by molar-refractivity contribution is 0.118. The fourth-order valence-corrected chi connectivity index (χ4v) is 3.85. The van der Waals surface area contributed by atoms with E-state index in [-0.39, 0.29) is 24.2 Å². The molecule has 0 saturated carbocycles. The Balaban J connectivity index is 1.36. The number of piperidine rings is 1. The Morgan fingerprint density at radius 1 is 1.12 bits per heavy atom. The van der Waals surface area contributed by atoms with E-state index in [1.54, 1.807) is 0 Å². The molecule has 2 fully saturated rings. The molecule has 0 bridgehead atoms. The molecular weight excluding hydrogens is 330 g/mol. The Morgan fingerprint density at radius 3 is 2.54 bits per heavy atom. The maximum Gasteiger partial charge on any atom is 0.410 e. The van der Waals surface area contributed by atoms with Crippen molar-refractivity contribution in [1.29, 1.82) is 0 Å². The molecule has 0 spiro atoms. The molecule has 2 aliphatic heterocycles. The van der Waals surface area contributed by atoms with Gasteiger partial charge in [0.05, 0.1) is 6.04 Å². The molecule has 0 radical (unpaired) electrons. The van der Waals surface area contributed by atoms with Crippen molar-refractivity contribution in [3.63, 3.8) is 0 Å². The van der Waals surface area contributed by atoms with Crippen LogP contribution in [0.4, 0.5) is 15.3 Å². The van der Waals surface area contributed by atoms with Crippen molar-refractivity contribution in [3.8, 4) is 0 Å². The number of nitrogens with one attached hydrogen (secondary N) is 1. The minimum Gasteiger partial charge on any atom is -0.447 e. The molecule has 136 valence electrons. The quantitative estimate of drug-likeness (QED) is 0.896. The van der Waals surface area contributed by atoms with Crippen molar-refractivity contribution in [2.45, 2.75) is 31.8 Å². The summed E-state index contributed by atoms with van der Waals surface area (Å²) < 4.78 is 5.11. The molecule has 2 aliphatic rings. The minimum atomic E-state index is -0.225. The predicted molar refractivity (Wildman–Crippen MR) is 100 cm³/mol. The number of urea groups is 1. The summed E-state index contributed by atoms with van der Waals surface area (Å²) in [7, 11) is 0. The van der Waals surface area contributed by atoms with Gasteiger partial charge in [-0.1, -0.05) is 30.3 Å². The lowest BCUT2D eigenvalue weighted by atomic mass is 10.0. The number of carbonyl (C=O) groups excluding carboxylic acids is 2. The summed E-state index contributed by atoms with van der Waals surface area (Å²) in [5, 5.41) is 5.24. The molecule has 1 unspecified atom stereocenters. The minimum absolute atomic E-state index is 0.0872. The van der Waals surface area contributed by atoms with E-state index in [0.717, 1.165) is 29.3 Å². The predicted octanol–water partition coefficient (Wildman–Crippen LogP) is 3.68. The van der Waals surface area contributed by atoms with Gasteiger partial charge in [0.15, 0.2) is 0 Å². The number of amides is 3. The molecule has 4 rings (SSSR count). The third-order valence-corrected chi connectivity index (χ3v) is 5.28. The van der Waals surface area contributed by atoms with Crippen molar-refractivity contribution in [1.82, 2.24) is 9.80 Å². The van der Waals surface area contributed by atoms with Gasteiger partial charge in [0.1, 0.15) is 6.61 Å². The average Bonchev–Trinajstić information content (AvgIpc) is 3.00. The van der Waals surface area contributed by atoms with Crippen molar-refractivity contribution in [3.05, 3.63) is 42.5 Å². The number of cyclic esters (lactones) is 1. The topological polar surface area (TPSA) is 61.9 Å². The number of benzene rings is 2. The normalized spacial score (nSPS) is 21.1. The Bertz CT molecular complexity index is 830. The van der Waals surface area contributed by atoms with Gasteiger partial charge in [-0.05, 0) is 42.7 Å². The molecule has 6 heteroatoms. The van der Waals surface area contributed by atoms with Crippen molar-refractivity contribution in [2.75, 3.05) is 25.0 Å². The Labute approximate surface area is 152 Å². The lowest BCUT2D eigenvalue weighted by Crippen LogP contribution is -2.50. The van der Waals surface area contributed by atoms with Crippen LogP contribution >= 0.6 is 0 Å². The smallest absolute Gasteiger partial charge is 0.410 e. The zero-order valence-electron chi connectivity index (χ0n) is 14.9. The fourth-order valence-electron chi connectivity index (χ4n) is 3.85. The molecule has 1 atom stereocenters. The van der Waals surface area contributed by atoms with E-state index in [1.165, 1.54) is 0 Å². The van der Waals surface area contributed by atoms with Gasteiger partial charge >= 0.3 is 12.1 Å². The second-order valence-electron chi connectivity index (χ2n) is 7.04. The number of likely N-dealkylation sites (tertiary alicyclic amines) is 1. The van der Waals surface area contributed by atoms with E-state index < -0.39 is 0 Å². The lowest BCUT2D eigenvalue weighted by Gasteiger charge is -2.37. The molecule has 2 saturated heterocycles. The molecule has 0 aliphatic carbocycles. The van der Waals surface area contributed by atoms with Crippen molar-refractivity contribution >= 4 is 28.6 Å². The molecule has 26 heavy (non-hydrogen) atoms. The first kappa shape index (κ1) is 16.7. The highest BCUT2D eigenvalue weighted by Crippen LogP contribution is 2.24. The average molecular weight is 353 g/mol. The SMILES string of the molecule is CC1COC(=O)N1C1CCN(C(=O)Nc2ccc3ccccc3c2)CC1. The molecule has 1 N–H and O–H groups in total. The third kappa shape index (κ3) is 3.19. The molecule has 3 amide bonds. The monoisotopic (exact) mass is 353 g/mol. The summed E-state index contributed by atoms with van der Waals surface area (Å²) in [6.45, 7) is 3.74. The molecule has 6 nitrogen and oxygen atoms in total. The van der Waals surface area contributed by atoms with Crippen LogP contribution in [-0.2, 0) is 4.74 Å². The first-order chi connectivity index (χ1) is 12.6. The van der Waals surface area contributed by atoms with Crippen LogP contribution in [0.25, 0.3) is 10.8 Å². The number of carbonyl (C=O) groups is 2. The first-order valence-corrected chi connectivity index (χ1v) is 9.11. The summed E-state index contributed by atoms with van der Waals surface area (Å²) in [6.07, 6.45) is 1.34. The Kier molecular flexibility index (Phi) is 4.41. The number of nitrogens with zero attached hydrogens (tertiary/aromatic N) is 2. The molecule has 2 aromatic rings. The maximum atomic E-state index is 12.6. The Morgan fingerprint density at radius 2 is 1.85 bits per heavy atom. The van der Waals surface area contributed by atoms with E-state index in [0.29, 0.717) is 19.7 Å². The van der Waals surface area contributed by atoms with E-state index in [4.69, 9.17) is 4.74 Å². The first-order valence-electron chi connectivity index (χ1n) is 9.11. The number of hydrogen-bond acceptors (Lipinski definition) is 3. The van der Waals surface area contributed by atoms with Gasteiger partial charge in [0.25, 0.3) is 0 Å². The molecule has 0 aromatic heterocycles. The van der Waals surface area contributed by atoms with Crippen LogP contribution in [0.2, 0.25) is 0 Å². The highest BCUT2D eigenvalue weighted by Gasteiger charge is 2.37. The van der Waals surface area contributed by atoms with E-state index in [1.807, 2.05) is 53.1 Å². The maximum absolute atomic E-state index is 12.6. The molecular formula is C20H23N3O3.